The second-order valence-corrected chi connectivity index (χ2v) is 5.72. The summed E-state index contributed by atoms with van der Waals surface area (Å²) in [5.41, 5.74) is 0.576. The van der Waals surface area contributed by atoms with E-state index in [9.17, 15) is 15.2 Å². The number of halogens is 1. The summed E-state index contributed by atoms with van der Waals surface area (Å²) in [7, 11) is 0. The molecule has 0 aliphatic carbocycles. The molecule has 5 heteroatoms. The zero-order valence-electron chi connectivity index (χ0n) is 11.4. The Morgan fingerprint density at radius 3 is 2.95 bits per heavy atom. The fourth-order valence-electron chi connectivity index (χ4n) is 2.92. The van der Waals surface area contributed by atoms with E-state index < -0.39 is 11.4 Å². The average Bonchev–Trinajstić information content (AvgIpc) is 2.84. The summed E-state index contributed by atoms with van der Waals surface area (Å²) in [6, 6.07) is 7.28. The summed E-state index contributed by atoms with van der Waals surface area (Å²) < 4.78 is 0. The van der Waals surface area contributed by atoms with Crippen LogP contribution in [0.4, 0.5) is 5.69 Å². The van der Waals surface area contributed by atoms with Crippen LogP contribution in [-0.4, -0.2) is 24.2 Å². The SMILES string of the molecule is CCCC1(C(=O)O)CCN(c2ccc(Cl)cc2C#N)C1. The minimum absolute atomic E-state index is 0.451. The van der Waals surface area contributed by atoms with E-state index in [1.165, 1.54) is 0 Å². The highest BCUT2D eigenvalue weighted by Gasteiger charge is 2.44. The minimum atomic E-state index is -0.741. The van der Waals surface area contributed by atoms with Crippen molar-refractivity contribution < 1.29 is 9.90 Å². The molecule has 0 saturated carbocycles. The van der Waals surface area contributed by atoms with Crippen LogP contribution < -0.4 is 4.90 Å². The number of hydrogen-bond donors (Lipinski definition) is 1. The second-order valence-electron chi connectivity index (χ2n) is 5.28. The lowest BCUT2D eigenvalue weighted by Gasteiger charge is -2.25. The molecular weight excluding hydrogens is 276 g/mol. The van der Waals surface area contributed by atoms with Crippen molar-refractivity contribution in [3.63, 3.8) is 0 Å². The fourth-order valence-corrected chi connectivity index (χ4v) is 3.09. The Labute approximate surface area is 123 Å². The summed E-state index contributed by atoms with van der Waals surface area (Å²) in [6.45, 7) is 3.10. The monoisotopic (exact) mass is 292 g/mol. The van der Waals surface area contributed by atoms with Crippen molar-refractivity contribution >= 4 is 23.3 Å². The first-order chi connectivity index (χ1) is 9.52. The smallest absolute Gasteiger partial charge is 0.311 e. The lowest BCUT2D eigenvalue weighted by Crippen LogP contribution is -2.34. The van der Waals surface area contributed by atoms with Gasteiger partial charge in [-0.05, 0) is 31.0 Å². The lowest BCUT2D eigenvalue weighted by atomic mass is 9.83. The molecule has 0 aromatic heterocycles. The van der Waals surface area contributed by atoms with E-state index in [1.807, 2.05) is 11.8 Å². The number of hydrogen-bond acceptors (Lipinski definition) is 3. The van der Waals surface area contributed by atoms with Gasteiger partial charge in [0.1, 0.15) is 6.07 Å². The van der Waals surface area contributed by atoms with Gasteiger partial charge in [0.25, 0.3) is 0 Å². The van der Waals surface area contributed by atoms with Gasteiger partial charge in [-0.1, -0.05) is 24.9 Å². The highest BCUT2D eigenvalue weighted by molar-refractivity contribution is 6.30. The average molecular weight is 293 g/mol. The molecule has 4 nitrogen and oxygen atoms in total. The highest BCUT2D eigenvalue weighted by Crippen LogP contribution is 2.39. The predicted molar refractivity (Wildman–Crippen MR) is 78.0 cm³/mol. The molecular formula is C15H17ClN2O2. The molecule has 1 N–H and O–H groups in total. The van der Waals surface area contributed by atoms with Gasteiger partial charge in [0, 0.05) is 18.1 Å². The van der Waals surface area contributed by atoms with Crippen LogP contribution in [-0.2, 0) is 4.79 Å². The normalized spacial score (nSPS) is 21.8. The number of nitriles is 1. The van der Waals surface area contributed by atoms with Crippen molar-refractivity contribution in [3.05, 3.63) is 28.8 Å². The van der Waals surface area contributed by atoms with Gasteiger partial charge in [-0.3, -0.25) is 4.79 Å². The first-order valence-corrected chi connectivity index (χ1v) is 7.08. The Morgan fingerprint density at radius 2 is 2.35 bits per heavy atom. The molecule has 0 spiro atoms. The summed E-state index contributed by atoms with van der Waals surface area (Å²) in [4.78, 5) is 13.6. The summed E-state index contributed by atoms with van der Waals surface area (Å²) in [5.74, 6) is -0.741. The summed E-state index contributed by atoms with van der Waals surface area (Å²) in [6.07, 6.45) is 2.11. The van der Waals surface area contributed by atoms with Crippen LogP contribution in [0.15, 0.2) is 18.2 Å². The van der Waals surface area contributed by atoms with Crippen LogP contribution in [0.2, 0.25) is 5.02 Å². The van der Waals surface area contributed by atoms with Gasteiger partial charge < -0.3 is 10.0 Å². The molecule has 0 amide bonds. The second kappa shape index (κ2) is 5.72. The fraction of sp³-hybridized carbons (Fsp3) is 0.467. The van der Waals surface area contributed by atoms with E-state index in [2.05, 4.69) is 6.07 Å². The Morgan fingerprint density at radius 1 is 1.60 bits per heavy atom. The maximum absolute atomic E-state index is 11.6. The largest absolute Gasteiger partial charge is 0.481 e. The Kier molecular flexibility index (Phi) is 4.20. The van der Waals surface area contributed by atoms with Crippen molar-refractivity contribution in [2.24, 2.45) is 5.41 Å². The maximum Gasteiger partial charge on any atom is 0.311 e. The van der Waals surface area contributed by atoms with Crippen molar-refractivity contribution in [2.75, 3.05) is 18.0 Å². The Balaban J connectivity index is 2.29. The Bertz CT molecular complexity index is 567. The predicted octanol–water partition coefficient (Wildman–Crippen LogP) is 3.29. The van der Waals surface area contributed by atoms with E-state index in [-0.39, 0.29) is 0 Å². The molecule has 1 aromatic rings. The number of benzene rings is 1. The van der Waals surface area contributed by atoms with Crippen molar-refractivity contribution in [2.45, 2.75) is 26.2 Å². The van der Waals surface area contributed by atoms with Crippen LogP contribution in [0.3, 0.4) is 0 Å². The van der Waals surface area contributed by atoms with Crippen molar-refractivity contribution in [1.82, 2.24) is 0 Å². The minimum Gasteiger partial charge on any atom is -0.481 e. The third-order valence-electron chi connectivity index (χ3n) is 3.96. The van der Waals surface area contributed by atoms with Crippen LogP contribution in [0.25, 0.3) is 0 Å². The summed E-state index contributed by atoms with van der Waals surface area (Å²) in [5, 5.41) is 19.2. The van der Waals surface area contributed by atoms with Crippen molar-refractivity contribution in [3.8, 4) is 6.07 Å². The number of nitrogens with zero attached hydrogens (tertiary/aromatic N) is 2. The molecule has 0 radical (unpaired) electrons. The number of anilines is 1. The lowest BCUT2D eigenvalue weighted by molar-refractivity contribution is -0.148. The molecule has 0 bridgehead atoms. The van der Waals surface area contributed by atoms with Gasteiger partial charge in [-0.2, -0.15) is 5.26 Å². The molecule has 1 unspecified atom stereocenters. The van der Waals surface area contributed by atoms with Gasteiger partial charge in [0.15, 0.2) is 0 Å². The molecule has 20 heavy (non-hydrogen) atoms. The molecule has 1 aliphatic rings. The molecule has 1 atom stereocenters. The maximum atomic E-state index is 11.6. The first-order valence-electron chi connectivity index (χ1n) is 6.70. The zero-order chi connectivity index (χ0) is 14.8. The molecule has 1 saturated heterocycles. The third kappa shape index (κ3) is 2.59. The molecule has 1 fully saturated rings. The van der Waals surface area contributed by atoms with Gasteiger partial charge in [0.2, 0.25) is 0 Å². The van der Waals surface area contributed by atoms with Gasteiger partial charge in [-0.15, -0.1) is 0 Å². The Hall–Kier alpha value is -1.73. The van der Waals surface area contributed by atoms with Gasteiger partial charge in [0.05, 0.1) is 16.7 Å². The van der Waals surface area contributed by atoms with E-state index >= 15 is 0 Å². The number of aliphatic carboxylic acids is 1. The van der Waals surface area contributed by atoms with Crippen LogP contribution >= 0.6 is 11.6 Å². The molecule has 1 aliphatic heterocycles. The quantitative estimate of drug-likeness (QED) is 0.925. The summed E-state index contributed by atoms with van der Waals surface area (Å²) >= 11 is 5.89. The van der Waals surface area contributed by atoms with Crippen LogP contribution in [0, 0.1) is 16.7 Å². The number of rotatable bonds is 4. The number of carbonyl (C=O) groups is 1. The first kappa shape index (κ1) is 14.7. The van der Waals surface area contributed by atoms with Crippen molar-refractivity contribution in [1.29, 1.82) is 5.26 Å². The van der Waals surface area contributed by atoms with Gasteiger partial charge in [-0.25, -0.2) is 0 Å². The number of carboxylic acids is 1. The third-order valence-corrected chi connectivity index (χ3v) is 4.19. The van der Waals surface area contributed by atoms with Crippen LogP contribution in [0.5, 0.6) is 0 Å². The number of carboxylic acid groups (broad SMARTS) is 1. The standard InChI is InChI=1S/C15H17ClN2O2/c1-2-5-15(14(19)20)6-7-18(10-15)13-4-3-12(16)8-11(13)9-17/h3-4,8H,2,5-7,10H2,1H3,(H,19,20). The molecule has 2 rings (SSSR count). The molecule has 1 heterocycles. The van der Waals surface area contributed by atoms with Gasteiger partial charge >= 0.3 is 5.97 Å². The molecule has 106 valence electrons. The topological polar surface area (TPSA) is 64.3 Å². The van der Waals surface area contributed by atoms with E-state index in [4.69, 9.17) is 11.6 Å². The van der Waals surface area contributed by atoms with E-state index in [1.54, 1.807) is 18.2 Å². The zero-order valence-corrected chi connectivity index (χ0v) is 12.2. The highest BCUT2D eigenvalue weighted by atomic mass is 35.5. The van der Waals surface area contributed by atoms with Crippen LogP contribution in [0.1, 0.15) is 31.7 Å². The molecule has 1 aromatic carbocycles. The van der Waals surface area contributed by atoms with E-state index in [0.29, 0.717) is 36.5 Å². The van der Waals surface area contributed by atoms with E-state index in [0.717, 1.165) is 12.1 Å².